The number of hydrogen-bond donors (Lipinski definition) is 2. The van der Waals surface area contributed by atoms with E-state index in [4.69, 9.17) is 0 Å². The van der Waals surface area contributed by atoms with E-state index in [2.05, 4.69) is 55.5 Å². The van der Waals surface area contributed by atoms with Gasteiger partial charge >= 0.3 is 0 Å². The number of aromatic amines is 1. The molecule has 1 aromatic heterocycles. The fourth-order valence-corrected chi connectivity index (χ4v) is 2.63. The highest BCUT2D eigenvalue weighted by atomic mass is 79.9. The summed E-state index contributed by atoms with van der Waals surface area (Å²) < 4.78 is 0.456. The normalized spacial score (nSPS) is 16.8. The molecule has 1 atom stereocenters. The zero-order valence-electron chi connectivity index (χ0n) is 9.61. The Bertz CT molecular complexity index is 638. The molecule has 2 aromatic rings. The summed E-state index contributed by atoms with van der Waals surface area (Å²) in [7, 11) is 0. The van der Waals surface area contributed by atoms with E-state index in [1.54, 1.807) is 0 Å². The maximum Gasteiger partial charge on any atom is 0.267 e. The summed E-state index contributed by atoms with van der Waals surface area (Å²) >= 11 is 3.23. The van der Waals surface area contributed by atoms with Crippen LogP contribution < -0.4 is 10.9 Å². The molecule has 0 amide bonds. The third kappa shape index (κ3) is 1.95. The maximum absolute atomic E-state index is 11.4. The van der Waals surface area contributed by atoms with E-state index in [0.29, 0.717) is 16.2 Å². The first-order valence-electron chi connectivity index (χ1n) is 5.80. The molecule has 1 heterocycles. The van der Waals surface area contributed by atoms with Gasteiger partial charge in [0, 0.05) is 12.5 Å². The van der Waals surface area contributed by atoms with E-state index in [-0.39, 0.29) is 5.56 Å². The van der Waals surface area contributed by atoms with Gasteiger partial charge in [-0.25, -0.2) is 4.98 Å². The summed E-state index contributed by atoms with van der Waals surface area (Å²) in [6, 6.07) is 8.45. The van der Waals surface area contributed by atoms with Gasteiger partial charge in [0.2, 0.25) is 0 Å². The van der Waals surface area contributed by atoms with Crippen molar-refractivity contribution in [2.45, 2.75) is 12.3 Å². The van der Waals surface area contributed by atoms with Gasteiger partial charge in [0.1, 0.15) is 10.3 Å². The Morgan fingerprint density at radius 2 is 2.28 bits per heavy atom. The van der Waals surface area contributed by atoms with E-state index in [1.807, 2.05) is 0 Å². The Morgan fingerprint density at radius 1 is 1.44 bits per heavy atom. The van der Waals surface area contributed by atoms with E-state index >= 15 is 0 Å². The summed E-state index contributed by atoms with van der Waals surface area (Å²) in [5.41, 5.74) is 2.65. The molecule has 3 rings (SSSR count). The number of nitrogens with one attached hydrogen (secondary N) is 2. The summed E-state index contributed by atoms with van der Waals surface area (Å²) in [5, 5.41) is 3.22. The standard InChI is InChI=1S/C13H12BrN3O/c14-11-12(16-7-17-13(11)18)15-6-9-5-8-3-1-2-4-10(8)9/h1-4,7,9H,5-6H2,(H2,15,16,17,18). The van der Waals surface area contributed by atoms with Crippen LogP contribution in [0.4, 0.5) is 5.82 Å². The summed E-state index contributed by atoms with van der Waals surface area (Å²) in [5.74, 6) is 1.11. The third-order valence-corrected chi connectivity index (χ3v) is 4.01. The van der Waals surface area contributed by atoms with Gasteiger partial charge in [-0.1, -0.05) is 24.3 Å². The van der Waals surface area contributed by atoms with Crippen LogP contribution in [0.3, 0.4) is 0 Å². The Morgan fingerprint density at radius 3 is 3.11 bits per heavy atom. The second-order valence-electron chi connectivity index (χ2n) is 4.38. The number of H-pyrrole nitrogens is 1. The van der Waals surface area contributed by atoms with Gasteiger partial charge in [0.25, 0.3) is 5.56 Å². The maximum atomic E-state index is 11.4. The molecule has 0 radical (unpaired) electrons. The van der Waals surface area contributed by atoms with Gasteiger partial charge in [-0.05, 0) is 33.5 Å². The minimum Gasteiger partial charge on any atom is -0.368 e. The van der Waals surface area contributed by atoms with Crippen LogP contribution in [0, 0.1) is 0 Å². The first kappa shape index (κ1) is 11.5. The van der Waals surface area contributed by atoms with Gasteiger partial charge in [0.05, 0.1) is 6.33 Å². The molecule has 1 aliphatic carbocycles. The van der Waals surface area contributed by atoms with Crippen LogP contribution in [0.25, 0.3) is 0 Å². The van der Waals surface area contributed by atoms with E-state index in [1.165, 1.54) is 17.5 Å². The van der Waals surface area contributed by atoms with Crippen molar-refractivity contribution in [3.05, 3.63) is 56.5 Å². The predicted molar refractivity (Wildman–Crippen MR) is 73.9 cm³/mol. The molecule has 5 heteroatoms. The van der Waals surface area contributed by atoms with Gasteiger partial charge in [-0.2, -0.15) is 0 Å². The topological polar surface area (TPSA) is 57.8 Å². The van der Waals surface area contributed by atoms with Crippen LogP contribution in [0.2, 0.25) is 0 Å². The first-order valence-corrected chi connectivity index (χ1v) is 6.60. The molecular weight excluding hydrogens is 294 g/mol. The predicted octanol–water partition coefficient (Wildman–Crippen LogP) is 2.28. The Balaban J connectivity index is 1.70. The molecule has 1 aromatic carbocycles. The molecule has 0 saturated carbocycles. The van der Waals surface area contributed by atoms with E-state index in [9.17, 15) is 4.79 Å². The van der Waals surface area contributed by atoms with Crippen LogP contribution in [0.5, 0.6) is 0 Å². The van der Waals surface area contributed by atoms with Crippen molar-refractivity contribution in [1.82, 2.24) is 9.97 Å². The van der Waals surface area contributed by atoms with Crippen molar-refractivity contribution in [2.24, 2.45) is 0 Å². The summed E-state index contributed by atoms with van der Waals surface area (Å²) in [6.07, 6.45) is 2.49. The lowest BCUT2D eigenvalue weighted by molar-refractivity contribution is 0.634. The van der Waals surface area contributed by atoms with Gasteiger partial charge in [-0.15, -0.1) is 0 Å². The second-order valence-corrected chi connectivity index (χ2v) is 5.17. The minimum atomic E-state index is -0.165. The fourth-order valence-electron chi connectivity index (χ4n) is 2.27. The molecule has 18 heavy (non-hydrogen) atoms. The highest BCUT2D eigenvalue weighted by molar-refractivity contribution is 9.10. The smallest absolute Gasteiger partial charge is 0.267 e. The highest BCUT2D eigenvalue weighted by Crippen LogP contribution is 2.34. The van der Waals surface area contributed by atoms with Gasteiger partial charge in [-0.3, -0.25) is 4.79 Å². The number of hydrogen-bond acceptors (Lipinski definition) is 3. The van der Waals surface area contributed by atoms with Crippen molar-refractivity contribution in [1.29, 1.82) is 0 Å². The number of rotatable bonds is 3. The van der Waals surface area contributed by atoms with E-state index in [0.717, 1.165) is 13.0 Å². The molecule has 4 nitrogen and oxygen atoms in total. The third-order valence-electron chi connectivity index (χ3n) is 3.27. The number of benzene rings is 1. The largest absolute Gasteiger partial charge is 0.368 e. The van der Waals surface area contributed by atoms with Crippen molar-refractivity contribution >= 4 is 21.7 Å². The number of fused-ring (bicyclic) bond motifs is 1. The Labute approximate surface area is 113 Å². The molecule has 2 N–H and O–H groups in total. The van der Waals surface area contributed by atoms with Crippen LogP contribution in [0.1, 0.15) is 17.0 Å². The number of nitrogens with zero attached hydrogens (tertiary/aromatic N) is 1. The van der Waals surface area contributed by atoms with Crippen molar-refractivity contribution in [2.75, 3.05) is 11.9 Å². The first-order chi connectivity index (χ1) is 8.75. The monoisotopic (exact) mass is 305 g/mol. The average molecular weight is 306 g/mol. The molecule has 0 spiro atoms. The average Bonchev–Trinajstić information content (AvgIpc) is 2.35. The van der Waals surface area contributed by atoms with Crippen LogP contribution >= 0.6 is 15.9 Å². The zero-order valence-corrected chi connectivity index (χ0v) is 11.2. The lowest BCUT2D eigenvalue weighted by atomic mass is 9.78. The van der Waals surface area contributed by atoms with E-state index < -0.39 is 0 Å². The van der Waals surface area contributed by atoms with Gasteiger partial charge in [0.15, 0.2) is 0 Å². The molecule has 0 aliphatic heterocycles. The quantitative estimate of drug-likeness (QED) is 0.915. The lowest BCUT2D eigenvalue weighted by Crippen LogP contribution is -2.25. The van der Waals surface area contributed by atoms with Crippen LogP contribution in [-0.2, 0) is 6.42 Å². The molecule has 0 bridgehead atoms. The van der Waals surface area contributed by atoms with Gasteiger partial charge < -0.3 is 10.3 Å². The van der Waals surface area contributed by atoms with Crippen molar-refractivity contribution < 1.29 is 0 Å². The SMILES string of the molecule is O=c1[nH]cnc(NCC2Cc3ccccc32)c1Br. The molecular formula is C13H12BrN3O. The molecule has 1 aliphatic rings. The number of aromatic nitrogens is 2. The Kier molecular flexibility index (Phi) is 2.91. The molecule has 92 valence electrons. The summed E-state index contributed by atoms with van der Waals surface area (Å²) in [6.45, 7) is 0.798. The lowest BCUT2D eigenvalue weighted by Gasteiger charge is -2.30. The van der Waals surface area contributed by atoms with Crippen molar-refractivity contribution in [3.63, 3.8) is 0 Å². The van der Waals surface area contributed by atoms with Crippen LogP contribution in [-0.4, -0.2) is 16.5 Å². The number of anilines is 1. The Hall–Kier alpha value is -1.62. The minimum absolute atomic E-state index is 0.165. The molecule has 0 saturated heterocycles. The fraction of sp³-hybridized carbons (Fsp3) is 0.231. The zero-order chi connectivity index (χ0) is 12.5. The second kappa shape index (κ2) is 4.57. The molecule has 1 unspecified atom stereocenters. The van der Waals surface area contributed by atoms with Crippen LogP contribution in [0.15, 0.2) is 39.9 Å². The molecule has 0 fully saturated rings. The summed E-state index contributed by atoms with van der Waals surface area (Å²) in [4.78, 5) is 18.0. The highest BCUT2D eigenvalue weighted by Gasteiger charge is 2.25. The number of halogens is 1. The van der Waals surface area contributed by atoms with Crippen molar-refractivity contribution in [3.8, 4) is 0 Å².